The zero-order valence-electron chi connectivity index (χ0n) is 14.8. The summed E-state index contributed by atoms with van der Waals surface area (Å²) in [7, 11) is 0. The first kappa shape index (κ1) is 19.5. The van der Waals surface area contributed by atoms with Crippen LogP contribution in [0.15, 0.2) is 54.6 Å². The lowest BCUT2D eigenvalue weighted by Crippen LogP contribution is -2.46. The van der Waals surface area contributed by atoms with Crippen molar-refractivity contribution in [1.29, 1.82) is 0 Å². The van der Waals surface area contributed by atoms with Crippen LogP contribution in [0.1, 0.15) is 36.5 Å². The van der Waals surface area contributed by atoms with Crippen LogP contribution in [0, 0.1) is 0 Å². The molecule has 134 valence electrons. The van der Waals surface area contributed by atoms with Crippen molar-refractivity contribution < 1.29 is 4.79 Å². The smallest absolute Gasteiger partial charge is 0.254 e. The van der Waals surface area contributed by atoms with Crippen molar-refractivity contribution in [2.24, 2.45) is 0 Å². The van der Waals surface area contributed by atoms with Crippen LogP contribution in [0.5, 0.6) is 0 Å². The van der Waals surface area contributed by atoms with Crippen molar-refractivity contribution in [2.45, 2.75) is 32.2 Å². The topological polar surface area (TPSA) is 32.3 Å². The first-order valence-corrected chi connectivity index (χ1v) is 8.96. The molecule has 0 unspecified atom stereocenters. The van der Waals surface area contributed by atoms with E-state index >= 15 is 0 Å². The summed E-state index contributed by atoms with van der Waals surface area (Å²) >= 11 is 0. The molecule has 1 fully saturated rings. The Morgan fingerprint density at radius 2 is 1.60 bits per heavy atom. The summed E-state index contributed by atoms with van der Waals surface area (Å²) in [5.41, 5.74) is 3.12. The average molecular weight is 359 g/mol. The zero-order valence-corrected chi connectivity index (χ0v) is 15.6. The van der Waals surface area contributed by atoms with Gasteiger partial charge in [-0.15, -0.1) is 12.4 Å². The van der Waals surface area contributed by atoms with Gasteiger partial charge in [0.2, 0.25) is 0 Å². The van der Waals surface area contributed by atoms with Gasteiger partial charge in [0, 0.05) is 18.2 Å². The minimum Gasteiger partial charge on any atom is -0.336 e. The Morgan fingerprint density at radius 3 is 2.20 bits per heavy atom. The summed E-state index contributed by atoms with van der Waals surface area (Å²) in [5.74, 6) is 0.170. The minimum absolute atomic E-state index is 0. The summed E-state index contributed by atoms with van der Waals surface area (Å²) < 4.78 is 0. The number of halogens is 1. The number of amides is 1. The maximum absolute atomic E-state index is 13.0. The van der Waals surface area contributed by atoms with E-state index in [9.17, 15) is 4.79 Å². The zero-order chi connectivity index (χ0) is 16.8. The summed E-state index contributed by atoms with van der Waals surface area (Å²) in [4.78, 5) is 15.1. The Bertz CT molecular complexity index is 651. The molecule has 1 aliphatic heterocycles. The molecule has 0 bridgehead atoms. The third kappa shape index (κ3) is 4.83. The van der Waals surface area contributed by atoms with E-state index in [0.717, 1.165) is 50.0 Å². The standard InChI is InChI=1S/C21H26N2O.ClH/c1-2-16-23(20-12-14-22-15-13-20)21(24)19-10-8-18(9-11-19)17-6-4-3-5-7-17;/h3-11,20,22H,2,12-16H2,1H3;1H. The molecule has 0 aliphatic carbocycles. The summed E-state index contributed by atoms with van der Waals surface area (Å²) in [6, 6.07) is 18.7. The fourth-order valence-electron chi connectivity index (χ4n) is 3.41. The Hall–Kier alpha value is -1.84. The molecular weight excluding hydrogens is 332 g/mol. The summed E-state index contributed by atoms with van der Waals surface area (Å²) in [6.45, 7) is 4.99. The number of hydrogen-bond acceptors (Lipinski definition) is 2. The summed E-state index contributed by atoms with van der Waals surface area (Å²) in [6.07, 6.45) is 3.10. The van der Waals surface area contributed by atoms with E-state index in [2.05, 4.69) is 41.4 Å². The van der Waals surface area contributed by atoms with Crippen LogP contribution in [-0.2, 0) is 0 Å². The number of piperidine rings is 1. The number of nitrogens with zero attached hydrogens (tertiary/aromatic N) is 1. The van der Waals surface area contributed by atoms with E-state index < -0.39 is 0 Å². The molecule has 1 N–H and O–H groups in total. The maximum atomic E-state index is 13.0. The third-order valence-corrected chi connectivity index (χ3v) is 4.71. The van der Waals surface area contributed by atoms with Crippen molar-refractivity contribution >= 4 is 18.3 Å². The second-order valence-corrected chi connectivity index (χ2v) is 6.42. The molecular formula is C21H27ClN2O. The second kappa shape index (κ2) is 9.59. The Balaban J connectivity index is 0.00000225. The van der Waals surface area contributed by atoms with Crippen molar-refractivity contribution in [3.8, 4) is 11.1 Å². The normalized spacial score (nSPS) is 14.6. The van der Waals surface area contributed by atoms with Gasteiger partial charge in [-0.25, -0.2) is 0 Å². The van der Waals surface area contributed by atoms with Crippen molar-refractivity contribution in [2.75, 3.05) is 19.6 Å². The van der Waals surface area contributed by atoms with Gasteiger partial charge in [0.1, 0.15) is 0 Å². The van der Waals surface area contributed by atoms with Gasteiger partial charge >= 0.3 is 0 Å². The first-order chi connectivity index (χ1) is 11.8. The SMILES string of the molecule is CCCN(C(=O)c1ccc(-c2ccccc2)cc1)C1CCNCC1.Cl. The van der Waals surface area contributed by atoms with Crippen LogP contribution in [0.25, 0.3) is 11.1 Å². The van der Waals surface area contributed by atoms with E-state index in [1.54, 1.807) is 0 Å². The van der Waals surface area contributed by atoms with Crippen LogP contribution >= 0.6 is 12.4 Å². The largest absolute Gasteiger partial charge is 0.336 e. The predicted molar refractivity (Wildman–Crippen MR) is 106 cm³/mol. The highest BCUT2D eigenvalue weighted by Crippen LogP contribution is 2.21. The summed E-state index contributed by atoms with van der Waals surface area (Å²) in [5, 5.41) is 3.38. The lowest BCUT2D eigenvalue weighted by Gasteiger charge is -2.34. The van der Waals surface area contributed by atoms with Gasteiger partial charge in [-0.3, -0.25) is 4.79 Å². The van der Waals surface area contributed by atoms with Crippen LogP contribution < -0.4 is 5.32 Å². The molecule has 3 nitrogen and oxygen atoms in total. The van der Waals surface area contributed by atoms with E-state index in [1.807, 2.05) is 30.3 Å². The predicted octanol–water partition coefficient (Wildman–Crippen LogP) is 4.38. The number of benzene rings is 2. The van der Waals surface area contributed by atoms with Crippen molar-refractivity contribution in [1.82, 2.24) is 10.2 Å². The number of nitrogens with one attached hydrogen (secondary N) is 1. The Morgan fingerprint density at radius 1 is 1.00 bits per heavy atom. The van der Waals surface area contributed by atoms with Gasteiger partial charge in [0.25, 0.3) is 5.91 Å². The molecule has 4 heteroatoms. The maximum Gasteiger partial charge on any atom is 0.254 e. The average Bonchev–Trinajstić information content (AvgIpc) is 2.67. The second-order valence-electron chi connectivity index (χ2n) is 6.42. The highest BCUT2D eigenvalue weighted by atomic mass is 35.5. The fourth-order valence-corrected chi connectivity index (χ4v) is 3.41. The van der Waals surface area contributed by atoms with Crippen LogP contribution in [0.4, 0.5) is 0 Å². The van der Waals surface area contributed by atoms with Crippen LogP contribution in [0.3, 0.4) is 0 Å². The van der Waals surface area contributed by atoms with Gasteiger partial charge in [0.05, 0.1) is 0 Å². The highest BCUT2D eigenvalue weighted by molar-refractivity contribution is 5.95. The molecule has 0 saturated carbocycles. The molecule has 3 rings (SSSR count). The molecule has 1 amide bonds. The van der Waals surface area contributed by atoms with Crippen LogP contribution in [0.2, 0.25) is 0 Å². The number of rotatable bonds is 5. The molecule has 1 saturated heterocycles. The molecule has 0 atom stereocenters. The number of carbonyl (C=O) groups is 1. The monoisotopic (exact) mass is 358 g/mol. The lowest BCUT2D eigenvalue weighted by atomic mass is 10.0. The molecule has 1 aliphatic rings. The quantitative estimate of drug-likeness (QED) is 0.860. The van der Waals surface area contributed by atoms with E-state index in [4.69, 9.17) is 0 Å². The third-order valence-electron chi connectivity index (χ3n) is 4.71. The molecule has 0 radical (unpaired) electrons. The minimum atomic E-state index is 0. The van der Waals surface area contributed by atoms with E-state index in [0.29, 0.717) is 6.04 Å². The highest BCUT2D eigenvalue weighted by Gasteiger charge is 2.25. The molecule has 25 heavy (non-hydrogen) atoms. The lowest BCUT2D eigenvalue weighted by molar-refractivity contribution is 0.0642. The van der Waals surface area contributed by atoms with Crippen molar-refractivity contribution in [3.63, 3.8) is 0 Å². The Labute approximate surface area is 156 Å². The van der Waals surface area contributed by atoms with Gasteiger partial charge < -0.3 is 10.2 Å². The molecule has 2 aromatic rings. The van der Waals surface area contributed by atoms with E-state index in [1.165, 1.54) is 5.56 Å². The Kier molecular flexibility index (Phi) is 7.48. The van der Waals surface area contributed by atoms with Gasteiger partial charge in [-0.1, -0.05) is 49.4 Å². The van der Waals surface area contributed by atoms with Crippen LogP contribution in [-0.4, -0.2) is 36.5 Å². The number of carbonyl (C=O) groups excluding carboxylic acids is 1. The van der Waals surface area contributed by atoms with Gasteiger partial charge in [-0.2, -0.15) is 0 Å². The van der Waals surface area contributed by atoms with Gasteiger partial charge in [0.15, 0.2) is 0 Å². The molecule has 0 aromatic heterocycles. The molecule has 0 spiro atoms. The van der Waals surface area contributed by atoms with Gasteiger partial charge in [-0.05, 0) is 55.6 Å². The van der Waals surface area contributed by atoms with Crippen molar-refractivity contribution in [3.05, 3.63) is 60.2 Å². The fraction of sp³-hybridized carbons (Fsp3) is 0.381. The first-order valence-electron chi connectivity index (χ1n) is 8.96. The number of hydrogen-bond donors (Lipinski definition) is 1. The molecule has 2 aromatic carbocycles. The van der Waals surface area contributed by atoms with E-state index in [-0.39, 0.29) is 18.3 Å². The molecule has 1 heterocycles.